The molecule has 2 aliphatic rings. The van der Waals surface area contributed by atoms with E-state index in [1.807, 2.05) is 22.8 Å². The molecule has 1 fully saturated rings. The summed E-state index contributed by atoms with van der Waals surface area (Å²) in [7, 11) is 3.75. The van der Waals surface area contributed by atoms with E-state index in [4.69, 9.17) is 9.84 Å². The predicted molar refractivity (Wildman–Crippen MR) is 115 cm³/mol. The molecule has 0 aliphatic carbocycles. The van der Waals surface area contributed by atoms with Crippen LogP contribution in [0.25, 0.3) is 11.1 Å². The van der Waals surface area contributed by atoms with Gasteiger partial charge in [0.05, 0.1) is 18.4 Å². The SMILES string of the molecule is COc1ccc2c(c1)CCn1cc(/C(=C/C(=O)O)C(=O)O)nc1C2=C1CCN(C)CC1. The Morgan fingerprint density at radius 3 is 2.52 bits per heavy atom. The van der Waals surface area contributed by atoms with Crippen molar-refractivity contribution < 1.29 is 24.5 Å². The van der Waals surface area contributed by atoms with Crippen LogP contribution >= 0.6 is 0 Å². The molecule has 2 aromatic rings. The minimum atomic E-state index is -1.31. The molecular weight excluding hydrogens is 398 g/mol. The number of piperidine rings is 1. The monoisotopic (exact) mass is 423 g/mol. The fourth-order valence-electron chi connectivity index (χ4n) is 4.28. The van der Waals surface area contributed by atoms with Crippen molar-refractivity contribution in [1.29, 1.82) is 0 Å². The topological polar surface area (TPSA) is 105 Å². The maximum absolute atomic E-state index is 11.7. The van der Waals surface area contributed by atoms with Gasteiger partial charge < -0.3 is 24.4 Å². The normalized spacial score (nSPS) is 17.0. The zero-order chi connectivity index (χ0) is 22.1. The molecule has 3 heterocycles. The number of hydrogen-bond donors (Lipinski definition) is 2. The van der Waals surface area contributed by atoms with Crippen molar-refractivity contribution in [3.05, 3.63) is 58.7 Å². The number of likely N-dealkylation sites (tertiary alicyclic amines) is 1. The Hall–Kier alpha value is -3.39. The maximum atomic E-state index is 11.7. The van der Waals surface area contributed by atoms with Crippen molar-refractivity contribution in [2.24, 2.45) is 0 Å². The van der Waals surface area contributed by atoms with E-state index in [1.165, 1.54) is 5.57 Å². The molecule has 0 unspecified atom stereocenters. The van der Waals surface area contributed by atoms with Crippen LogP contribution in [-0.2, 0) is 22.6 Å². The third-order valence-electron chi connectivity index (χ3n) is 5.92. The van der Waals surface area contributed by atoms with Gasteiger partial charge in [0.15, 0.2) is 0 Å². The minimum Gasteiger partial charge on any atom is -0.497 e. The number of ether oxygens (including phenoxy) is 1. The molecule has 0 spiro atoms. The van der Waals surface area contributed by atoms with Gasteiger partial charge in [0.25, 0.3) is 0 Å². The maximum Gasteiger partial charge on any atom is 0.338 e. The summed E-state index contributed by atoms with van der Waals surface area (Å²) in [5.41, 5.74) is 4.38. The third kappa shape index (κ3) is 4.11. The van der Waals surface area contributed by atoms with Crippen molar-refractivity contribution in [3.8, 4) is 5.75 Å². The van der Waals surface area contributed by atoms with Crippen LogP contribution in [0.4, 0.5) is 0 Å². The highest BCUT2D eigenvalue weighted by molar-refractivity contribution is 6.18. The summed E-state index contributed by atoms with van der Waals surface area (Å²) in [6, 6.07) is 6.02. The first-order valence-electron chi connectivity index (χ1n) is 10.2. The van der Waals surface area contributed by atoms with E-state index in [-0.39, 0.29) is 11.3 Å². The Morgan fingerprint density at radius 1 is 1.13 bits per heavy atom. The highest BCUT2D eigenvalue weighted by Gasteiger charge is 2.27. The van der Waals surface area contributed by atoms with E-state index in [0.717, 1.165) is 54.8 Å². The molecule has 0 radical (unpaired) electrons. The average molecular weight is 423 g/mol. The molecule has 8 nitrogen and oxygen atoms in total. The van der Waals surface area contributed by atoms with E-state index in [1.54, 1.807) is 13.3 Å². The number of fused-ring (bicyclic) bond motifs is 2. The molecule has 162 valence electrons. The van der Waals surface area contributed by atoms with Gasteiger partial charge in [-0.25, -0.2) is 14.6 Å². The number of aromatic nitrogens is 2. The van der Waals surface area contributed by atoms with Crippen LogP contribution in [0.3, 0.4) is 0 Å². The summed E-state index contributed by atoms with van der Waals surface area (Å²) >= 11 is 0. The quantitative estimate of drug-likeness (QED) is 0.728. The van der Waals surface area contributed by atoms with E-state index < -0.39 is 11.9 Å². The number of benzene rings is 1. The number of aliphatic carboxylic acids is 2. The Bertz CT molecular complexity index is 1100. The highest BCUT2D eigenvalue weighted by atomic mass is 16.5. The number of methoxy groups -OCH3 is 1. The first-order chi connectivity index (χ1) is 14.9. The van der Waals surface area contributed by atoms with Crippen molar-refractivity contribution in [2.45, 2.75) is 25.8 Å². The second-order valence-electron chi connectivity index (χ2n) is 7.90. The minimum absolute atomic E-state index is 0.160. The zero-order valence-electron chi connectivity index (χ0n) is 17.6. The van der Waals surface area contributed by atoms with E-state index in [0.29, 0.717) is 18.4 Å². The smallest absolute Gasteiger partial charge is 0.338 e. The Labute approximate surface area is 180 Å². The second kappa shape index (κ2) is 8.39. The number of hydrogen-bond acceptors (Lipinski definition) is 5. The predicted octanol–water partition coefficient (Wildman–Crippen LogP) is 2.53. The number of imidazole rings is 1. The molecule has 8 heteroatoms. The lowest BCUT2D eigenvalue weighted by atomic mass is 9.90. The lowest BCUT2D eigenvalue weighted by Gasteiger charge is -2.26. The highest BCUT2D eigenvalue weighted by Crippen LogP contribution is 2.37. The molecule has 0 amide bonds. The number of rotatable bonds is 4. The summed E-state index contributed by atoms with van der Waals surface area (Å²) < 4.78 is 7.36. The van der Waals surface area contributed by atoms with Gasteiger partial charge in [0, 0.05) is 37.5 Å². The van der Waals surface area contributed by atoms with Crippen molar-refractivity contribution in [2.75, 3.05) is 27.2 Å². The Kier molecular flexibility index (Phi) is 5.65. The first kappa shape index (κ1) is 20.9. The Morgan fingerprint density at radius 2 is 1.87 bits per heavy atom. The van der Waals surface area contributed by atoms with E-state index in [2.05, 4.69) is 16.9 Å². The van der Waals surface area contributed by atoms with Gasteiger partial charge in [-0.2, -0.15) is 0 Å². The summed E-state index contributed by atoms with van der Waals surface area (Å²) in [5, 5.41) is 18.6. The standard InChI is InChI=1S/C23H25N3O5/c1-25-8-5-14(6-9-25)21-17-4-3-16(31-2)11-15(17)7-10-26-13-19(24-22(21)26)18(23(29)30)12-20(27)28/h3-4,11-13H,5-10H2,1-2H3,(H,27,28)(H,29,30)/b18-12-. The van der Waals surface area contributed by atoms with Crippen molar-refractivity contribution in [3.63, 3.8) is 0 Å². The van der Waals surface area contributed by atoms with E-state index in [9.17, 15) is 14.7 Å². The van der Waals surface area contributed by atoms with E-state index >= 15 is 0 Å². The summed E-state index contributed by atoms with van der Waals surface area (Å²) in [4.78, 5) is 29.8. The zero-order valence-corrected chi connectivity index (χ0v) is 17.6. The van der Waals surface area contributed by atoms with Crippen LogP contribution < -0.4 is 4.74 Å². The van der Waals surface area contributed by atoms with Gasteiger partial charge in [-0.1, -0.05) is 11.6 Å². The molecule has 2 aliphatic heterocycles. The lowest BCUT2D eigenvalue weighted by molar-refractivity contribution is -0.133. The number of nitrogens with zero attached hydrogens (tertiary/aromatic N) is 3. The van der Waals surface area contributed by atoms with Crippen LogP contribution in [0.15, 0.2) is 36.0 Å². The molecule has 1 aromatic carbocycles. The number of carbonyl (C=O) groups is 2. The number of carboxylic acid groups (broad SMARTS) is 2. The van der Waals surface area contributed by atoms with Crippen LogP contribution in [0.1, 0.15) is 35.5 Å². The largest absolute Gasteiger partial charge is 0.497 e. The van der Waals surface area contributed by atoms with Gasteiger partial charge in [0.2, 0.25) is 0 Å². The molecule has 0 saturated carbocycles. The Balaban J connectivity index is 1.91. The number of aryl methyl sites for hydroxylation is 2. The molecule has 31 heavy (non-hydrogen) atoms. The summed E-state index contributed by atoms with van der Waals surface area (Å²) in [6.45, 7) is 2.49. The summed E-state index contributed by atoms with van der Waals surface area (Å²) in [6.07, 6.45) is 4.88. The van der Waals surface area contributed by atoms with Gasteiger partial charge >= 0.3 is 11.9 Å². The van der Waals surface area contributed by atoms with Gasteiger partial charge in [-0.3, -0.25) is 0 Å². The first-order valence-corrected chi connectivity index (χ1v) is 10.2. The second-order valence-corrected chi connectivity index (χ2v) is 7.90. The number of carboxylic acids is 2. The van der Waals surface area contributed by atoms with Crippen LogP contribution in [0.2, 0.25) is 0 Å². The molecule has 1 aromatic heterocycles. The molecular formula is C23H25N3O5. The van der Waals surface area contributed by atoms with Crippen LogP contribution in [0, 0.1) is 0 Å². The molecule has 0 bridgehead atoms. The van der Waals surface area contributed by atoms with Gasteiger partial charge in [-0.05, 0) is 49.6 Å². The molecule has 0 atom stereocenters. The molecule has 2 N–H and O–H groups in total. The van der Waals surface area contributed by atoms with Crippen LogP contribution in [-0.4, -0.2) is 63.8 Å². The fourth-order valence-corrected chi connectivity index (χ4v) is 4.28. The molecule has 1 saturated heterocycles. The van der Waals surface area contributed by atoms with Gasteiger partial charge in [-0.15, -0.1) is 0 Å². The summed E-state index contributed by atoms with van der Waals surface area (Å²) in [5.74, 6) is -1.14. The average Bonchev–Trinajstić information content (AvgIpc) is 3.09. The fraction of sp³-hybridized carbons (Fsp3) is 0.348. The molecule has 4 rings (SSSR count). The lowest BCUT2D eigenvalue weighted by Crippen LogP contribution is -2.27. The van der Waals surface area contributed by atoms with Crippen LogP contribution in [0.5, 0.6) is 5.75 Å². The van der Waals surface area contributed by atoms with Crippen molar-refractivity contribution in [1.82, 2.24) is 14.5 Å². The van der Waals surface area contributed by atoms with Crippen molar-refractivity contribution >= 4 is 23.1 Å². The third-order valence-corrected chi connectivity index (χ3v) is 5.92. The van der Waals surface area contributed by atoms with Gasteiger partial charge in [0.1, 0.15) is 11.6 Å².